The maximum Gasteiger partial charge on any atom is 0.251 e. The number of ether oxygens (including phenoxy) is 2. The van der Waals surface area contributed by atoms with Crippen molar-refractivity contribution in [2.75, 3.05) is 49.3 Å². The lowest BCUT2D eigenvalue weighted by Gasteiger charge is -2.39. The van der Waals surface area contributed by atoms with Gasteiger partial charge >= 0.3 is 0 Å². The molecule has 0 radical (unpaired) electrons. The van der Waals surface area contributed by atoms with E-state index >= 15 is 0 Å². The second-order valence-corrected chi connectivity index (χ2v) is 6.90. The monoisotopic (exact) mass is 355 g/mol. The van der Waals surface area contributed by atoms with E-state index in [1.807, 2.05) is 18.2 Å². The number of aromatic nitrogens is 1. The van der Waals surface area contributed by atoms with Gasteiger partial charge in [0.2, 0.25) is 0 Å². The first-order valence-electron chi connectivity index (χ1n) is 9.20. The smallest absolute Gasteiger partial charge is 0.251 e. The van der Waals surface area contributed by atoms with E-state index in [2.05, 4.69) is 39.9 Å². The molecule has 2 atom stereocenters. The number of nitrogens with zero attached hydrogens (tertiary/aromatic N) is 2. The van der Waals surface area contributed by atoms with Crippen molar-refractivity contribution in [3.63, 3.8) is 0 Å². The molecule has 2 fully saturated rings. The highest BCUT2D eigenvalue weighted by Crippen LogP contribution is 2.30. The van der Waals surface area contributed by atoms with Crippen molar-refractivity contribution in [1.82, 2.24) is 4.98 Å². The van der Waals surface area contributed by atoms with Gasteiger partial charge < -0.3 is 24.3 Å². The van der Waals surface area contributed by atoms with Crippen LogP contribution < -0.4 is 15.4 Å². The first-order chi connectivity index (χ1) is 12.7. The molecule has 3 heterocycles. The average Bonchev–Trinajstić information content (AvgIpc) is 2.68. The molecular weight excluding hydrogens is 330 g/mol. The summed E-state index contributed by atoms with van der Waals surface area (Å²) >= 11 is 0. The number of rotatable bonds is 3. The van der Waals surface area contributed by atoms with E-state index in [0.717, 1.165) is 24.6 Å². The van der Waals surface area contributed by atoms with Crippen LogP contribution in [0.3, 0.4) is 0 Å². The van der Waals surface area contributed by atoms with Gasteiger partial charge in [0.25, 0.3) is 5.56 Å². The van der Waals surface area contributed by atoms with Gasteiger partial charge in [0.1, 0.15) is 5.82 Å². The topological polar surface area (TPSA) is 57.8 Å². The molecule has 0 amide bonds. The third-order valence-electron chi connectivity index (χ3n) is 5.14. The number of H-pyrrole nitrogens is 1. The number of aromatic amines is 1. The standard InChI is InChI=1S/C20H25N3O3/c1-15-13-25-9-7-22(15)17-11-19(21-20(24)12-17)23-8-10-26-14-18(23)16-5-3-2-4-6-16/h2-6,11-12,15,18H,7-10,13-14H2,1H3,(H,21,24)/t15-,18-/m1/s1. The largest absolute Gasteiger partial charge is 0.377 e. The van der Waals surface area contributed by atoms with Crippen molar-refractivity contribution in [3.05, 3.63) is 58.4 Å². The van der Waals surface area contributed by atoms with Gasteiger partial charge in [-0.15, -0.1) is 0 Å². The molecule has 4 rings (SSSR count). The second-order valence-electron chi connectivity index (χ2n) is 6.90. The molecule has 1 aromatic heterocycles. The molecule has 1 aromatic carbocycles. The highest BCUT2D eigenvalue weighted by molar-refractivity contribution is 5.57. The molecule has 2 aliphatic heterocycles. The molecule has 6 heteroatoms. The summed E-state index contributed by atoms with van der Waals surface area (Å²) in [4.78, 5) is 19.9. The molecule has 0 unspecified atom stereocenters. The Hall–Kier alpha value is -2.31. The normalized spacial score (nSPS) is 23.9. The van der Waals surface area contributed by atoms with E-state index in [1.54, 1.807) is 6.07 Å². The fourth-order valence-corrected chi connectivity index (χ4v) is 3.79. The zero-order valence-corrected chi connectivity index (χ0v) is 15.1. The van der Waals surface area contributed by atoms with Crippen molar-refractivity contribution < 1.29 is 9.47 Å². The van der Waals surface area contributed by atoms with Gasteiger partial charge in [-0.2, -0.15) is 0 Å². The van der Waals surface area contributed by atoms with E-state index in [9.17, 15) is 4.79 Å². The maximum absolute atomic E-state index is 12.4. The van der Waals surface area contributed by atoms with Crippen molar-refractivity contribution in [2.24, 2.45) is 0 Å². The van der Waals surface area contributed by atoms with Crippen LogP contribution in [0.1, 0.15) is 18.5 Å². The quantitative estimate of drug-likeness (QED) is 0.915. The number of anilines is 2. The van der Waals surface area contributed by atoms with Crippen LogP contribution in [0.5, 0.6) is 0 Å². The first-order valence-corrected chi connectivity index (χ1v) is 9.20. The Balaban J connectivity index is 1.68. The van der Waals surface area contributed by atoms with Gasteiger partial charge in [-0.05, 0) is 12.5 Å². The molecular formula is C20H25N3O3. The summed E-state index contributed by atoms with van der Waals surface area (Å²) in [5, 5.41) is 0. The predicted molar refractivity (Wildman–Crippen MR) is 102 cm³/mol. The molecule has 0 bridgehead atoms. The number of pyridine rings is 1. The zero-order valence-electron chi connectivity index (χ0n) is 15.1. The third-order valence-corrected chi connectivity index (χ3v) is 5.14. The van der Waals surface area contributed by atoms with Crippen molar-refractivity contribution in [1.29, 1.82) is 0 Å². The molecule has 0 spiro atoms. The van der Waals surface area contributed by atoms with Gasteiger partial charge in [-0.1, -0.05) is 30.3 Å². The van der Waals surface area contributed by atoms with Gasteiger partial charge in [0, 0.05) is 37.0 Å². The van der Waals surface area contributed by atoms with Gasteiger partial charge in [0.05, 0.1) is 32.5 Å². The fourth-order valence-electron chi connectivity index (χ4n) is 3.79. The molecule has 26 heavy (non-hydrogen) atoms. The Bertz CT molecular complexity index is 792. The van der Waals surface area contributed by atoms with Crippen LogP contribution in [0.25, 0.3) is 0 Å². The summed E-state index contributed by atoms with van der Waals surface area (Å²) in [5.74, 6) is 0.850. The Labute approximate surface area is 153 Å². The number of hydrogen-bond donors (Lipinski definition) is 1. The van der Waals surface area contributed by atoms with Crippen LogP contribution in [0.2, 0.25) is 0 Å². The van der Waals surface area contributed by atoms with E-state index < -0.39 is 0 Å². The summed E-state index contributed by atoms with van der Waals surface area (Å²) < 4.78 is 11.3. The van der Waals surface area contributed by atoms with Gasteiger partial charge in [-0.25, -0.2) is 0 Å². The number of morpholine rings is 2. The second kappa shape index (κ2) is 7.51. The number of hydrogen-bond acceptors (Lipinski definition) is 5. The third kappa shape index (κ3) is 3.48. The first kappa shape index (κ1) is 17.1. The zero-order chi connectivity index (χ0) is 17.9. The average molecular weight is 355 g/mol. The number of nitrogens with one attached hydrogen (secondary N) is 1. The lowest BCUT2D eigenvalue weighted by atomic mass is 10.0. The molecule has 6 nitrogen and oxygen atoms in total. The molecule has 2 aliphatic rings. The minimum Gasteiger partial charge on any atom is -0.377 e. The molecule has 2 saturated heterocycles. The summed E-state index contributed by atoms with van der Waals surface area (Å²) in [6.07, 6.45) is 0. The van der Waals surface area contributed by atoms with Crippen LogP contribution in [0.15, 0.2) is 47.3 Å². The van der Waals surface area contributed by atoms with E-state index in [1.165, 1.54) is 5.56 Å². The fraction of sp³-hybridized carbons (Fsp3) is 0.450. The number of benzene rings is 1. The van der Waals surface area contributed by atoms with Crippen molar-refractivity contribution in [2.45, 2.75) is 19.0 Å². The van der Waals surface area contributed by atoms with Crippen molar-refractivity contribution >= 4 is 11.5 Å². The Morgan fingerprint density at radius 2 is 1.73 bits per heavy atom. The van der Waals surface area contributed by atoms with E-state index in [-0.39, 0.29) is 17.6 Å². The van der Waals surface area contributed by atoms with Crippen LogP contribution in [0, 0.1) is 0 Å². The highest BCUT2D eigenvalue weighted by Gasteiger charge is 2.27. The van der Waals surface area contributed by atoms with Gasteiger partial charge in [0.15, 0.2) is 0 Å². The lowest BCUT2D eigenvalue weighted by Crippen LogP contribution is -2.44. The van der Waals surface area contributed by atoms with Crippen molar-refractivity contribution in [3.8, 4) is 0 Å². The molecule has 138 valence electrons. The molecule has 2 aromatic rings. The highest BCUT2D eigenvalue weighted by atomic mass is 16.5. The lowest BCUT2D eigenvalue weighted by molar-refractivity contribution is 0.0936. The Kier molecular flexibility index (Phi) is 4.95. The van der Waals surface area contributed by atoms with E-state index in [4.69, 9.17) is 9.47 Å². The molecule has 1 N–H and O–H groups in total. The maximum atomic E-state index is 12.4. The van der Waals surface area contributed by atoms with Crippen LogP contribution in [-0.4, -0.2) is 50.5 Å². The van der Waals surface area contributed by atoms with Crippen LogP contribution in [-0.2, 0) is 9.47 Å². The minimum absolute atomic E-state index is 0.0745. The molecule has 0 aliphatic carbocycles. The summed E-state index contributed by atoms with van der Waals surface area (Å²) in [6.45, 7) is 6.32. The Morgan fingerprint density at radius 1 is 1.00 bits per heavy atom. The minimum atomic E-state index is -0.0745. The molecule has 0 saturated carbocycles. The Morgan fingerprint density at radius 3 is 2.50 bits per heavy atom. The van der Waals surface area contributed by atoms with Gasteiger partial charge in [-0.3, -0.25) is 4.79 Å². The van der Waals surface area contributed by atoms with Crippen LogP contribution in [0.4, 0.5) is 11.5 Å². The van der Waals surface area contributed by atoms with E-state index in [0.29, 0.717) is 26.4 Å². The summed E-state index contributed by atoms with van der Waals surface area (Å²) in [6, 6.07) is 14.4. The summed E-state index contributed by atoms with van der Waals surface area (Å²) in [5.41, 5.74) is 2.07. The predicted octanol–water partition coefficient (Wildman–Crippen LogP) is 2.18. The SMILES string of the molecule is C[C@@H]1COCCN1c1cc(N2CCOC[C@@H]2c2ccccc2)[nH]c(=O)c1. The summed E-state index contributed by atoms with van der Waals surface area (Å²) in [7, 11) is 0. The van der Waals surface area contributed by atoms with Crippen LogP contribution >= 0.6 is 0 Å².